The minimum Gasteiger partial charge on any atom is -0.355 e. The van der Waals surface area contributed by atoms with Gasteiger partial charge in [-0.25, -0.2) is 0 Å². The van der Waals surface area contributed by atoms with Crippen LogP contribution in [-0.2, 0) is 5.41 Å². The molecule has 0 amide bonds. The van der Waals surface area contributed by atoms with E-state index in [2.05, 4.69) is 130 Å². The first kappa shape index (κ1) is 21.4. The second-order valence-electron chi connectivity index (χ2n) is 11.2. The van der Waals surface area contributed by atoms with Crippen molar-refractivity contribution in [2.45, 2.75) is 39.0 Å². The number of aromatic amines is 1. The number of nitrogens with one attached hydrogen (secondary N) is 1. The molecule has 1 nitrogen and oxygen atoms in total. The molecule has 0 saturated heterocycles. The lowest BCUT2D eigenvalue weighted by molar-refractivity contribution is 0.632. The molecule has 7 rings (SSSR count). The fourth-order valence-corrected chi connectivity index (χ4v) is 6.56. The van der Waals surface area contributed by atoms with Crippen molar-refractivity contribution in [2.75, 3.05) is 0 Å². The molecule has 0 spiro atoms. The zero-order valence-corrected chi connectivity index (χ0v) is 21.4. The highest BCUT2D eigenvalue weighted by molar-refractivity contribution is 6.09. The Bertz CT molecular complexity index is 1740. The number of hydrogen-bond acceptors (Lipinski definition) is 0. The van der Waals surface area contributed by atoms with E-state index in [9.17, 15) is 0 Å². The number of allylic oxidation sites excluding steroid dienone is 4. The van der Waals surface area contributed by atoms with Crippen LogP contribution in [0, 0.1) is 12.8 Å². The largest absolute Gasteiger partial charge is 0.355 e. The van der Waals surface area contributed by atoms with Gasteiger partial charge in [-0.3, -0.25) is 0 Å². The fraction of sp³-hybridized carbons (Fsp3) is 0.200. The van der Waals surface area contributed by atoms with E-state index in [4.69, 9.17) is 0 Å². The van der Waals surface area contributed by atoms with Gasteiger partial charge >= 0.3 is 0 Å². The van der Waals surface area contributed by atoms with Crippen LogP contribution in [0.4, 0.5) is 0 Å². The molecule has 5 aromatic rings. The molecule has 4 aromatic carbocycles. The Hall–Kier alpha value is -3.84. The maximum atomic E-state index is 3.65. The lowest BCUT2D eigenvalue weighted by Crippen LogP contribution is -2.14. The van der Waals surface area contributed by atoms with Gasteiger partial charge < -0.3 is 4.98 Å². The molecule has 0 aliphatic heterocycles. The first-order valence-corrected chi connectivity index (χ1v) is 13.1. The third kappa shape index (κ3) is 3.02. The van der Waals surface area contributed by atoms with Gasteiger partial charge in [0, 0.05) is 33.1 Å². The smallest absolute Gasteiger partial charge is 0.0468 e. The van der Waals surface area contributed by atoms with Gasteiger partial charge in [0.2, 0.25) is 0 Å². The van der Waals surface area contributed by atoms with E-state index < -0.39 is 0 Å². The quantitative estimate of drug-likeness (QED) is 0.267. The number of rotatable bonds is 2. The Morgan fingerprint density at radius 1 is 0.694 bits per heavy atom. The Kier molecular flexibility index (Phi) is 4.51. The van der Waals surface area contributed by atoms with Crippen LogP contribution in [-0.4, -0.2) is 4.98 Å². The maximum Gasteiger partial charge on any atom is 0.0468 e. The van der Waals surface area contributed by atoms with E-state index in [1.165, 1.54) is 66.3 Å². The zero-order valence-electron chi connectivity index (χ0n) is 21.4. The molecule has 2 aliphatic rings. The summed E-state index contributed by atoms with van der Waals surface area (Å²) in [4.78, 5) is 3.65. The third-order valence-corrected chi connectivity index (χ3v) is 8.68. The number of fused-ring (bicyclic) bond motifs is 6. The second kappa shape index (κ2) is 7.58. The summed E-state index contributed by atoms with van der Waals surface area (Å²) in [5, 5.41) is 2.60. The highest BCUT2D eigenvalue weighted by atomic mass is 14.7. The lowest BCUT2D eigenvalue weighted by atomic mass is 9.80. The van der Waals surface area contributed by atoms with Crippen LogP contribution in [0.5, 0.6) is 0 Å². The highest BCUT2D eigenvalue weighted by Crippen LogP contribution is 2.51. The van der Waals surface area contributed by atoms with Crippen LogP contribution in [0.1, 0.15) is 48.9 Å². The van der Waals surface area contributed by atoms with Gasteiger partial charge in [0.05, 0.1) is 0 Å². The van der Waals surface area contributed by atoms with Crippen molar-refractivity contribution in [2.24, 2.45) is 5.92 Å². The topological polar surface area (TPSA) is 15.8 Å². The summed E-state index contributed by atoms with van der Waals surface area (Å²) in [6.07, 6.45) is 9.03. The van der Waals surface area contributed by atoms with Crippen LogP contribution in [0.2, 0.25) is 0 Å². The average molecular weight is 466 g/mol. The summed E-state index contributed by atoms with van der Waals surface area (Å²) in [7, 11) is 0. The maximum absolute atomic E-state index is 3.65. The number of para-hydroxylation sites is 1. The summed E-state index contributed by atoms with van der Waals surface area (Å²) in [5.74, 6) is 0.939. The first-order chi connectivity index (χ1) is 17.4. The van der Waals surface area contributed by atoms with Crippen molar-refractivity contribution in [3.8, 4) is 22.3 Å². The second-order valence-corrected chi connectivity index (χ2v) is 11.2. The minimum absolute atomic E-state index is 0.0260. The van der Waals surface area contributed by atoms with Gasteiger partial charge in [0.15, 0.2) is 0 Å². The van der Waals surface area contributed by atoms with Crippen LogP contribution >= 0.6 is 0 Å². The monoisotopic (exact) mass is 465 g/mol. The SMILES string of the molecule is Cc1ccc(-c2ccc3c(c2)-c2cc4c(cc2C3(C)C)[nH]c2ccccc24)cc1C1C=CC=CC1C. The normalized spacial score (nSPS) is 19.7. The van der Waals surface area contributed by atoms with Gasteiger partial charge in [0.25, 0.3) is 0 Å². The van der Waals surface area contributed by atoms with E-state index >= 15 is 0 Å². The van der Waals surface area contributed by atoms with Crippen LogP contribution in [0.25, 0.3) is 44.1 Å². The molecular formula is C35H31N. The van der Waals surface area contributed by atoms with Crippen molar-refractivity contribution in [3.63, 3.8) is 0 Å². The molecule has 1 heterocycles. The molecule has 176 valence electrons. The molecule has 2 unspecified atom stereocenters. The van der Waals surface area contributed by atoms with Gasteiger partial charge in [0.1, 0.15) is 0 Å². The Balaban J connectivity index is 1.39. The minimum atomic E-state index is -0.0260. The van der Waals surface area contributed by atoms with Gasteiger partial charge in [-0.1, -0.05) is 93.6 Å². The number of H-pyrrole nitrogens is 1. The van der Waals surface area contributed by atoms with Crippen LogP contribution in [0.3, 0.4) is 0 Å². The van der Waals surface area contributed by atoms with Crippen LogP contribution in [0.15, 0.2) is 97.1 Å². The van der Waals surface area contributed by atoms with E-state index in [-0.39, 0.29) is 5.41 Å². The fourth-order valence-electron chi connectivity index (χ4n) is 6.56. The molecule has 2 atom stereocenters. The Labute approximate surface area is 213 Å². The molecule has 36 heavy (non-hydrogen) atoms. The Morgan fingerprint density at radius 3 is 2.31 bits per heavy atom. The molecule has 0 saturated carbocycles. The summed E-state index contributed by atoms with van der Waals surface area (Å²) in [6.45, 7) is 9.28. The first-order valence-electron chi connectivity index (χ1n) is 13.1. The van der Waals surface area contributed by atoms with E-state index in [0.717, 1.165) is 0 Å². The average Bonchev–Trinajstić information content (AvgIpc) is 3.35. The Morgan fingerprint density at radius 2 is 1.44 bits per heavy atom. The van der Waals surface area contributed by atoms with Crippen molar-refractivity contribution in [1.29, 1.82) is 0 Å². The van der Waals surface area contributed by atoms with Gasteiger partial charge in [-0.2, -0.15) is 0 Å². The molecule has 2 aliphatic carbocycles. The number of aromatic nitrogens is 1. The summed E-state index contributed by atoms with van der Waals surface area (Å²) in [5.41, 5.74) is 13.4. The molecule has 0 fully saturated rings. The van der Waals surface area contributed by atoms with Gasteiger partial charge in [-0.05, 0) is 81.6 Å². The third-order valence-electron chi connectivity index (χ3n) is 8.68. The van der Waals surface area contributed by atoms with Gasteiger partial charge in [-0.15, -0.1) is 0 Å². The predicted octanol–water partition coefficient (Wildman–Crippen LogP) is 9.45. The summed E-state index contributed by atoms with van der Waals surface area (Å²) < 4.78 is 0. The molecule has 1 N–H and O–H groups in total. The molecule has 1 aromatic heterocycles. The van der Waals surface area contributed by atoms with Crippen LogP contribution < -0.4 is 0 Å². The number of aryl methyl sites for hydroxylation is 1. The van der Waals surface area contributed by atoms with E-state index in [1.807, 2.05) is 0 Å². The lowest BCUT2D eigenvalue weighted by Gasteiger charge is -2.24. The van der Waals surface area contributed by atoms with Crippen molar-refractivity contribution >= 4 is 21.8 Å². The molecular weight excluding hydrogens is 434 g/mol. The van der Waals surface area contributed by atoms with E-state index in [0.29, 0.717) is 11.8 Å². The summed E-state index contributed by atoms with van der Waals surface area (Å²) in [6, 6.07) is 27.6. The van der Waals surface area contributed by atoms with Crippen molar-refractivity contribution < 1.29 is 0 Å². The number of benzene rings is 4. The molecule has 0 bridgehead atoms. The van der Waals surface area contributed by atoms with E-state index in [1.54, 1.807) is 0 Å². The number of hydrogen-bond donors (Lipinski definition) is 1. The molecule has 1 heteroatoms. The predicted molar refractivity (Wildman–Crippen MR) is 154 cm³/mol. The molecule has 0 radical (unpaired) electrons. The standard InChI is InChI=1S/C35H31N/c1-21-9-5-6-10-25(21)27-17-23(14-13-22(27)2)24-15-16-31-28(18-24)29-19-30-26-11-7-8-12-33(26)36-34(30)20-32(29)35(31,3)4/h5-21,25,36H,1-4H3. The highest BCUT2D eigenvalue weighted by Gasteiger charge is 2.36. The summed E-state index contributed by atoms with van der Waals surface area (Å²) >= 11 is 0. The van der Waals surface area contributed by atoms with Crippen molar-refractivity contribution in [1.82, 2.24) is 4.98 Å². The zero-order chi connectivity index (χ0) is 24.6. The van der Waals surface area contributed by atoms with Crippen molar-refractivity contribution in [3.05, 3.63) is 119 Å².